The highest BCUT2D eigenvalue weighted by Gasteiger charge is 2.39. The largest absolute Gasteiger partial charge is 0.303 e. The van der Waals surface area contributed by atoms with Gasteiger partial charge in [0.2, 0.25) is 0 Å². The summed E-state index contributed by atoms with van der Waals surface area (Å²) in [5.74, 6) is 0.209. The number of fused-ring (bicyclic) bond motifs is 1. The number of hydrogen-bond donors (Lipinski definition) is 0. The molecule has 0 heterocycles. The molecule has 1 unspecified atom stereocenters. The van der Waals surface area contributed by atoms with Crippen LogP contribution in [0.5, 0.6) is 0 Å². The summed E-state index contributed by atoms with van der Waals surface area (Å²) in [6.45, 7) is 2.13. The van der Waals surface area contributed by atoms with Crippen LogP contribution in [0.15, 0.2) is 23.3 Å². The van der Waals surface area contributed by atoms with E-state index in [2.05, 4.69) is 13.0 Å². The van der Waals surface area contributed by atoms with Gasteiger partial charge in [-0.3, -0.25) is 4.79 Å². The number of carbonyl (C=O) groups is 2. The molecular formula is C12H14O2. The first-order chi connectivity index (χ1) is 6.65. The lowest BCUT2D eigenvalue weighted by Crippen LogP contribution is -2.21. The maximum atomic E-state index is 11.4. The first-order valence-electron chi connectivity index (χ1n) is 5.04. The molecule has 0 spiro atoms. The lowest BCUT2D eigenvalue weighted by Gasteiger charge is -2.31. The Hall–Kier alpha value is -1.18. The SMILES string of the molecule is CC12CCC=C(CC=O)C1=CC(=O)C2. The average molecular weight is 190 g/mol. The van der Waals surface area contributed by atoms with Crippen molar-refractivity contribution in [3.8, 4) is 0 Å². The Morgan fingerprint density at radius 1 is 1.57 bits per heavy atom. The van der Waals surface area contributed by atoms with Gasteiger partial charge in [-0.1, -0.05) is 13.0 Å². The van der Waals surface area contributed by atoms with Crippen LogP contribution in [0, 0.1) is 5.41 Å². The van der Waals surface area contributed by atoms with Crippen molar-refractivity contribution in [2.24, 2.45) is 5.41 Å². The minimum absolute atomic E-state index is 0.0180. The summed E-state index contributed by atoms with van der Waals surface area (Å²) in [5.41, 5.74) is 2.20. The Balaban J connectivity index is 2.37. The molecule has 0 saturated carbocycles. The van der Waals surface area contributed by atoms with E-state index < -0.39 is 0 Å². The van der Waals surface area contributed by atoms with E-state index in [0.717, 1.165) is 30.3 Å². The van der Waals surface area contributed by atoms with Crippen molar-refractivity contribution in [3.05, 3.63) is 23.3 Å². The molecule has 14 heavy (non-hydrogen) atoms. The molecule has 0 fully saturated rings. The van der Waals surface area contributed by atoms with Gasteiger partial charge in [-0.05, 0) is 30.1 Å². The first-order valence-corrected chi connectivity index (χ1v) is 5.04. The molecule has 2 rings (SSSR count). The number of carbonyl (C=O) groups excluding carboxylic acids is 2. The van der Waals surface area contributed by atoms with Gasteiger partial charge in [-0.2, -0.15) is 0 Å². The van der Waals surface area contributed by atoms with Gasteiger partial charge < -0.3 is 4.79 Å². The first kappa shape index (κ1) is 9.38. The second kappa shape index (κ2) is 3.19. The van der Waals surface area contributed by atoms with Gasteiger partial charge >= 0.3 is 0 Å². The Labute approximate surface area is 83.7 Å². The molecule has 0 aromatic carbocycles. The van der Waals surface area contributed by atoms with Crippen LogP contribution in [-0.4, -0.2) is 12.1 Å². The molecule has 0 amide bonds. The normalized spacial score (nSPS) is 30.8. The highest BCUT2D eigenvalue weighted by molar-refractivity contribution is 5.95. The lowest BCUT2D eigenvalue weighted by atomic mass is 9.72. The molecule has 2 nitrogen and oxygen atoms in total. The van der Waals surface area contributed by atoms with Crippen molar-refractivity contribution in [2.45, 2.75) is 32.6 Å². The fraction of sp³-hybridized carbons (Fsp3) is 0.500. The zero-order valence-electron chi connectivity index (χ0n) is 8.38. The van der Waals surface area contributed by atoms with E-state index in [1.54, 1.807) is 6.08 Å². The predicted octanol–water partition coefficient (Wildman–Crippen LogP) is 2.20. The van der Waals surface area contributed by atoms with Crippen molar-refractivity contribution in [3.63, 3.8) is 0 Å². The number of allylic oxidation sites excluding steroid dienone is 4. The summed E-state index contributed by atoms with van der Waals surface area (Å²) < 4.78 is 0. The van der Waals surface area contributed by atoms with Crippen LogP contribution in [0.3, 0.4) is 0 Å². The molecule has 0 radical (unpaired) electrons. The molecule has 0 aliphatic heterocycles. The second-order valence-corrected chi connectivity index (χ2v) is 4.40. The number of hydrogen-bond acceptors (Lipinski definition) is 2. The average Bonchev–Trinajstić information content (AvgIpc) is 2.41. The highest BCUT2D eigenvalue weighted by atomic mass is 16.1. The Morgan fingerprint density at radius 2 is 2.36 bits per heavy atom. The zero-order chi connectivity index (χ0) is 10.2. The summed E-state index contributed by atoms with van der Waals surface area (Å²) in [4.78, 5) is 21.9. The quantitative estimate of drug-likeness (QED) is 0.625. The van der Waals surface area contributed by atoms with Crippen LogP contribution in [0.1, 0.15) is 32.6 Å². The third kappa shape index (κ3) is 1.35. The van der Waals surface area contributed by atoms with Gasteiger partial charge in [0, 0.05) is 18.3 Å². The van der Waals surface area contributed by atoms with E-state index in [9.17, 15) is 9.59 Å². The van der Waals surface area contributed by atoms with Crippen molar-refractivity contribution < 1.29 is 9.59 Å². The molecule has 0 bridgehead atoms. The summed E-state index contributed by atoms with van der Waals surface area (Å²) in [5, 5.41) is 0. The van der Waals surface area contributed by atoms with Gasteiger partial charge in [-0.25, -0.2) is 0 Å². The maximum absolute atomic E-state index is 11.4. The van der Waals surface area contributed by atoms with E-state index >= 15 is 0 Å². The summed E-state index contributed by atoms with van der Waals surface area (Å²) in [6.07, 6.45) is 7.85. The summed E-state index contributed by atoms with van der Waals surface area (Å²) in [6, 6.07) is 0. The van der Waals surface area contributed by atoms with Gasteiger partial charge in [-0.15, -0.1) is 0 Å². The molecule has 2 aliphatic rings. The highest BCUT2D eigenvalue weighted by Crippen LogP contribution is 2.48. The fourth-order valence-electron chi connectivity index (χ4n) is 2.53. The Kier molecular flexibility index (Phi) is 2.14. The maximum Gasteiger partial charge on any atom is 0.156 e. The fourth-order valence-corrected chi connectivity index (χ4v) is 2.53. The minimum Gasteiger partial charge on any atom is -0.303 e. The van der Waals surface area contributed by atoms with Crippen molar-refractivity contribution >= 4 is 12.1 Å². The monoisotopic (exact) mass is 190 g/mol. The molecule has 0 aromatic rings. The van der Waals surface area contributed by atoms with Gasteiger partial charge in [0.25, 0.3) is 0 Å². The number of ketones is 1. The minimum atomic E-state index is 0.0180. The number of aldehydes is 1. The zero-order valence-corrected chi connectivity index (χ0v) is 8.38. The second-order valence-electron chi connectivity index (χ2n) is 4.40. The van der Waals surface area contributed by atoms with Crippen LogP contribution >= 0.6 is 0 Å². The molecule has 0 aromatic heterocycles. The Bertz CT molecular complexity index is 349. The lowest BCUT2D eigenvalue weighted by molar-refractivity contribution is -0.115. The molecule has 2 heteroatoms. The standard InChI is InChI=1S/C12H14O2/c1-12-5-2-3-9(4-6-13)11(12)7-10(14)8-12/h3,6-7H,2,4-5,8H2,1H3. The third-order valence-electron chi connectivity index (χ3n) is 3.26. The Morgan fingerprint density at radius 3 is 3.07 bits per heavy atom. The van der Waals surface area contributed by atoms with Crippen molar-refractivity contribution in [2.75, 3.05) is 0 Å². The van der Waals surface area contributed by atoms with Crippen LogP contribution in [0.25, 0.3) is 0 Å². The van der Waals surface area contributed by atoms with Crippen LogP contribution < -0.4 is 0 Å². The van der Waals surface area contributed by atoms with Crippen LogP contribution in [-0.2, 0) is 9.59 Å². The van der Waals surface area contributed by atoms with E-state index in [0.29, 0.717) is 12.8 Å². The van der Waals surface area contributed by atoms with E-state index in [1.165, 1.54) is 0 Å². The van der Waals surface area contributed by atoms with Crippen molar-refractivity contribution in [1.82, 2.24) is 0 Å². The van der Waals surface area contributed by atoms with Gasteiger partial charge in [0.1, 0.15) is 6.29 Å². The van der Waals surface area contributed by atoms with Crippen LogP contribution in [0.2, 0.25) is 0 Å². The smallest absolute Gasteiger partial charge is 0.156 e. The molecule has 1 atom stereocenters. The third-order valence-corrected chi connectivity index (χ3v) is 3.26. The summed E-state index contributed by atoms with van der Waals surface area (Å²) in [7, 11) is 0. The van der Waals surface area contributed by atoms with Gasteiger partial charge in [0.15, 0.2) is 5.78 Å². The van der Waals surface area contributed by atoms with E-state index in [4.69, 9.17) is 0 Å². The van der Waals surface area contributed by atoms with E-state index in [-0.39, 0.29) is 11.2 Å². The molecule has 0 saturated heterocycles. The number of rotatable bonds is 2. The summed E-state index contributed by atoms with van der Waals surface area (Å²) >= 11 is 0. The van der Waals surface area contributed by atoms with Crippen molar-refractivity contribution in [1.29, 1.82) is 0 Å². The topological polar surface area (TPSA) is 34.1 Å². The van der Waals surface area contributed by atoms with Crippen LogP contribution in [0.4, 0.5) is 0 Å². The molecule has 0 N–H and O–H groups in total. The van der Waals surface area contributed by atoms with Gasteiger partial charge in [0.05, 0.1) is 0 Å². The van der Waals surface area contributed by atoms with E-state index in [1.807, 2.05) is 0 Å². The molecule has 2 aliphatic carbocycles. The molecular weight excluding hydrogens is 176 g/mol. The predicted molar refractivity (Wildman–Crippen MR) is 53.8 cm³/mol. The molecule has 74 valence electrons.